The van der Waals surface area contributed by atoms with Crippen LogP contribution in [0.25, 0.3) is 10.2 Å². The standard InChI is InChI=1S/C11H10ClN5S/c1-6-5-7-9(13-8-3-4-17(2)16-8)14-11(12)15-10(7)18-6/h3-5H,1-2H3,(H,13,14,15,16). The molecule has 0 aliphatic heterocycles. The van der Waals surface area contributed by atoms with Gasteiger partial charge in [0.2, 0.25) is 5.28 Å². The maximum absolute atomic E-state index is 5.92. The van der Waals surface area contributed by atoms with Gasteiger partial charge in [-0.2, -0.15) is 10.1 Å². The molecule has 0 radical (unpaired) electrons. The highest BCUT2D eigenvalue weighted by Gasteiger charge is 2.10. The Balaban J connectivity index is 2.10. The van der Waals surface area contributed by atoms with Gasteiger partial charge in [0.15, 0.2) is 5.82 Å². The van der Waals surface area contributed by atoms with E-state index in [1.807, 2.05) is 32.3 Å². The highest BCUT2D eigenvalue weighted by Crippen LogP contribution is 2.30. The summed E-state index contributed by atoms with van der Waals surface area (Å²) in [5, 5.41) is 8.62. The number of nitrogens with zero attached hydrogens (tertiary/aromatic N) is 4. The number of rotatable bonds is 2. The van der Waals surface area contributed by atoms with E-state index in [1.54, 1.807) is 16.0 Å². The van der Waals surface area contributed by atoms with E-state index >= 15 is 0 Å². The van der Waals surface area contributed by atoms with Gasteiger partial charge < -0.3 is 5.32 Å². The molecule has 3 heterocycles. The van der Waals surface area contributed by atoms with E-state index < -0.39 is 0 Å². The van der Waals surface area contributed by atoms with Crippen molar-refractivity contribution in [2.75, 3.05) is 5.32 Å². The molecule has 0 unspecified atom stereocenters. The molecular formula is C11H10ClN5S. The first kappa shape index (κ1) is 11.4. The maximum atomic E-state index is 5.92. The predicted octanol–water partition coefficient (Wildman–Crippen LogP) is 3.13. The summed E-state index contributed by atoms with van der Waals surface area (Å²) in [5.74, 6) is 1.42. The van der Waals surface area contributed by atoms with Gasteiger partial charge in [0, 0.05) is 24.2 Å². The Morgan fingerprint density at radius 1 is 1.39 bits per heavy atom. The Hall–Kier alpha value is -1.66. The van der Waals surface area contributed by atoms with Crippen LogP contribution in [0.3, 0.4) is 0 Å². The van der Waals surface area contributed by atoms with Crippen LogP contribution < -0.4 is 5.32 Å². The first-order chi connectivity index (χ1) is 8.61. The Labute approximate surface area is 112 Å². The quantitative estimate of drug-likeness (QED) is 0.732. The first-order valence-corrected chi connectivity index (χ1v) is 6.51. The van der Waals surface area contributed by atoms with Crippen molar-refractivity contribution < 1.29 is 0 Å². The molecule has 0 atom stereocenters. The minimum absolute atomic E-state index is 0.239. The summed E-state index contributed by atoms with van der Waals surface area (Å²) in [6, 6.07) is 3.92. The topological polar surface area (TPSA) is 55.6 Å². The largest absolute Gasteiger partial charge is 0.323 e. The lowest BCUT2D eigenvalue weighted by molar-refractivity contribution is 0.771. The highest BCUT2D eigenvalue weighted by molar-refractivity contribution is 7.18. The molecule has 0 aliphatic carbocycles. The molecule has 0 bridgehead atoms. The van der Waals surface area contributed by atoms with Crippen molar-refractivity contribution in [3.05, 3.63) is 28.5 Å². The zero-order valence-electron chi connectivity index (χ0n) is 9.81. The van der Waals surface area contributed by atoms with E-state index in [4.69, 9.17) is 11.6 Å². The van der Waals surface area contributed by atoms with E-state index in [0.29, 0.717) is 5.82 Å². The summed E-state index contributed by atoms with van der Waals surface area (Å²) in [4.78, 5) is 10.5. The van der Waals surface area contributed by atoms with Crippen LogP contribution in [0, 0.1) is 6.92 Å². The van der Waals surface area contributed by atoms with Gasteiger partial charge >= 0.3 is 0 Å². The van der Waals surface area contributed by atoms with Gasteiger partial charge in [0.25, 0.3) is 0 Å². The number of aryl methyl sites for hydroxylation is 2. The van der Waals surface area contributed by atoms with Crippen molar-refractivity contribution in [1.82, 2.24) is 19.7 Å². The summed E-state index contributed by atoms with van der Waals surface area (Å²) < 4.78 is 1.72. The first-order valence-electron chi connectivity index (χ1n) is 5.32. The van der Waals surface area contributed by atoms with Crippen molar-refractivity contribution in [2.24, 2.45) is 7.05 Å². The van der Waals surface area contributed by atoms with Crippen molar-refractivity contribution >= 4 is 44.8 Å². The fourth-order valence-corrected chi connectivity index (χ4v) is 2.81. The van der Waals surface area contributed by atoms with Gasteiger partial charge in [-0.05, 0) is 24.6 Å². The zero-order chi connectivity index (χ0) is 12.7. The predicted molar refractivity (Wildman–Crippen MR) is 73.7 cm³/mol. The van der Waals surface area contributed by atoms with Gasteiger partial charge in [-0.15, -0.1) is 11.3 Å². The van der Waals surface area contributed by atoms with Crippen LogP contribution >= 0.6 is 22.9 Å². The van der Waals surface area contributed by atoms with Crippen LogP contribution in [0.2, 0.25) is 5.28 Å². The van der Waals surface area contributed by atoms with E-state index in [1.165, 1.54) is 4.88 Å². The van der Waals surface area contributed by atoms with E-state index in [9.17, 15) is 0 Å². The molecule has 7 heteroatoms. The normalized spacial score (nSPS) is 11.1. The number of fused-ring (bicyclic) bond motifs is 1. The lowest BCUT2D eigenvalue weighted by atomic mass is 10.3. The second kappa shape index (κ2) is 4.22. The number of hydrogen-bond donors (Lipinski definition) is 1. The molecule has 18 heavy (non-hydrogen) atoms. The molecule has 3 rings (SSSR count). The molecule has 0 aromatic carbocycles. The summed E-state index contributed by atoms with van der Waals surface area (Å²) in [7, 11) is 1.86. The summed E-state index contributed by atoms with van der Waals surface area (Å²) in [6.07, 6.45) is 1.86. The lowest BCUT2D eigenvalue weighted by Gasteiger charge is -2.03. The number of halogens is 1. The summed E-state index contributed by atoms with van der Waals surface area (Å²) in [5.41, 5.74) is 0. The average Bonchev–Trinajstić information content (AvgIpc) is 2.84. The maximum Gasteiger partial charge on any atom is 0.225 e. The molecule has 3 aromatic rings. The monoisotopic (exact) mass is 279 g/mol. The van der Waals surface area contributed by atoms with Crippen LogP contribution in [0.5, 0.6) is 0 Å². The van der Waals surface area contributed by atoms with Crippen LogP contribution in [-0.4, -0.2) is 19.7 Å². The molecule has 92 valence electrons. The number of anilines is 2. The van der Waals surface area contributed by atoms with Crippen molar-refractivity contribution in [3.63, 3.8) is 0 Å². The van der Waals surface area contributed by atoms with Crippen LogP contribution in [0.1, 0.15) is 4.88 Å². The molecule has 0 saturated carbocycles. The Morgan fingerprint density at radius 3 is 2.94 bits per heavy atom. The number of aromatic nitrogens is 4. The smallest absolute Gasteiger partial charge is 0.225 e. The minimum Gasteiger partial charge on any atom is -0.323 e. The molecule has 0 amide bonds. The third-order valence-corrected chi connectivity index (χ3v) is 3.56. The number of thiophene rings is 1. The van der Waals surface area contributed by atoms with E-state index in [2.05, 4.69) is 20.4 Å². The van der Waals surface area contributed by atoms with Crippen molar-refractivity contribution in [2.45, 2.75) is 6.92 Å². The Kier molecular flexibility index (Phi) is 2.68. The van der Waals surface area contributed by atoms with Gasteiger partial charge in [-0.3, -0.25) is 4.68 Å². The number of nitrogens with one attached hydrogen (secondary N) is 1. The molecule has 0 fully saturated rings. The van der Waals surface area contributed by atoms with Crippen molar-refractivity contribution in [3.8, 4) is 0 Å². The lowest BCUT2D eigenvalue weighted by Crippen LogP contribution is -1.97. The van der Waals surface area contributed by atoms with Crippen LogP contribution in [-0.2, 0) is 7.05 Å². The third-order valence-electron chi connectivity index (χ3n) is 2.45. The zero-order valence-corrected chi connectivity index (χ0v) is 11.4. The van der Waals surface area contributed by atoms with Gasteiger partial charge in [-0.1, -0.05) is 0 Å². The van der Waals surface area contributed by atoms with Gasteiger partial charge in [-0.25, -0.2) is 4.98 Å². The van der Waals surface area contributed by atoms with Crippen LogP contribution in [0.4, 0.5) is 11.6 Å². The molecule has 1 N–H and O–H groups in total. The Morgan fingerprint density at radius 2 is 2.22 bits per heavy atom. The molecule has 3 aromatic heterocycles. The highest BCUT2D eigenvalue weighted by atomic mass is 35.5. The molecule has 5 nitrogen and oxygen atoms in total. The van der Waals surface area contributed by atoms with Gasteiger partial charge in [0.1, 0.15) is 10.6 Å². The second-order valence-corrected chi connectivity index (χ2v) is 5.49. The third kappa shape index (κ3) is 2.04. The van der Waals surface area contributed by atoms with Crippen molar-refractivity contribution in [1.29, 1.82) is 0 Å². The summed E-state index contributed by atoms with van der Waals surface area (Å²) in [6.45, 7) is 2.03. The fourth-order valence-electron chi connectivity index (χ4n) is 1.71. The second-order valence-electron chi connectivity index (χ2n) is 3.92. The van der Waals surface area contributed by atoms with Gasteiger partial charge in [0.05, 0.1) is 5.39 Å². The Bertz CT molecular complexity index is 717. The fraction of sp³-hybridized carbons (Fsp3) is 0.182. The molecule has 0 aliphatic rings. The summed E-state index contributed by atoms with van der Waals surface area (Å²) >= 11 is 7.52. The van der Waals surface area contributed by atoms with E-state index in [0.717, 1.165) is 16.0 Å². The molecule has 0 spiro atoms. The number of hydrogen-bond acceptors (Lipinski definition) is 5. The average molecular weight is 280 g/mol. The van der Waals surface area contributed by atoms with E-state index in [-0.39, 0.29) is 5.28 Å². The SMILES string of the molecule is Cc1cc2c(Nc3ccn(C)n3)nc(Cl)nc2s1. The molecule has 0 saturated heterocycles. The minimum atomic E-state index is 0.239. The molecular weight excluding hydrogens is 270 g/mol. The van der Waals surface area contributed by atoms with Crippen LogP contribution in [0.15, 0.2) is 18.3 Å².